The van der Waals surface area contributed by atoms with Crippen molar-refractivity contribution in [3.8, 4) is 5.75 Å². The highest BCUT2D eigenvalue weighted by Gasteiger charge is 2.47. The van der Waals surface area contributed by atoms with Crippen LogP contribution in [0.25, 0.3) is 0 Å². The van der Waals surface area contributed by atoms with Gasteiger partial charge in [0.25, 0.3) is 0 Å². The van der Waals surface area contributed by atoms with Crippen LogP contribution in [0.2, 0.25) is 0 Å². The minimum Gasteiger partial charge on any atom is -0.506 e. The molecule has 3 rings (SSSR count). The molecule has 1 heterocycles. The average Bonchev–Trinajstić information content (AvgIpc) is 2.80. The Morgan fingerprint density at radius 3 is 2.42 bits per heavy atom. The molecular weight excluding hydrogens is 308 g/mol. The molecule has 0 unspecified atom stereocenters. The Morgan fingerprint density at radius 1 is 1.21 bits per heavy atom. The normalized spacial score (nSPS) is 23.3. The number of benzene rings is 1. The van der Waals surface area contributed by atoms with Gasteiger partial charge in [-0.1, -0.05) is 18.9 Å². The van der Waals surface area contributed by atoms with Crippen LogP contribution in [-0.4, -0.2) is 34.3 Å². The van der Waals surface area contributed by atoms with Gasteiger partial charge in [-0.25, -0.2) is 0 Å². The molecule has 2 aliphatic rings. The number of nitrogens with one attached hydrogen (secondary N) is 1. The maximum Gasteiger partial charge on any atom is 0.233 e. The van der Waals surface area contributed by atoms with Gasteiger partial charge in [-0.05, 0) is 37.5 Å². The van der Waals surface area contributed by atoms with Crippen LogP contribution in [0, 0.1) is 18.8 Å². The number of carbonyl (C=O) groups excluding carboxylic acids is 3. The smallest absolute Gasteiger partial charge is 0.233 e. The predicted molar refractivity (Wildman–Crippen MR) is 88.3 cm³/mol. The molecule has 0 radical (unpaired) electrons. The summed E-state index contributed by atoms with van der Waals surface area (Å²) < 4.78 is 0. The van der Waals surface area contributed by atoms with Crippen LogP contribution in [0.15, 0.2) is 18.2 Å². The van der Waals surface area contributed by atoms with Crippen molar-refractivity contribution in [2.75, 3.05) is 11.9 Å². The first-order chi connectivity index (χ1) is 11.5. The number of hydrogen-bond acceptors (Lipinski definition) is 4. The maximum absolute atomic E-state index is 12.3. The van der Waals surface area contributed by atoms with E-state index in [1.807, 2.05) is 6.92 Å². The molecule has 2 N–H and O–H groups in total. The molecule has 2 atom stereocenters. The minimum absolute atomic E-state index is 0.00250. The number of phenolic OH excluding ortho intramolecular Hbond substituents is 1. The molecule has 1 aromatic rings. The van der Waals surface area contributed by atoms with Gasteiger partial charge in [0.05, 0.1) is 17.5 Å². The number of hydrogen-bond donors (Lipinski definition) is 2. The van der Waals surface area contributed by atoms with Crippen LogP contribution in [0.1, 0.15) is 37.7 Å². The molecule has 128 valence electrons. The van der Waals surface area contributed by atoms with Crippen molar-refractivity contribution in [2.45, 2.75) is 39.0 Å². The van der Waals surface area contributed by atoms with E-state index in [4.69, 9.17) is 0 Å². The summed E-state index contributed by atoms with van der Waals surface area (Å²) in [6.45, 7) is 1.94. The van der Waals surface area contributed by atoms with Crippen molar-refractivity contribution in [1.82, 2.24) is 4.90 Å². The van der Waals surface area contributed by atoms with Crippen LogP contribution >= 0.6 is 0 Å². The Morgan fingerprint density at radius 2 is 1.83 bits per heavy atom. The lowest BCUT2D eigenvalue weighted by Gasteiger charge is -2.19. The van der Waals surface area contributed by atoms with Crippen LogP contribution < -0.4 is 5.32 Å². The van der Waals surface area contributed by atoms with E-state index in [9.17, 15) is 19.5 Å². The molecule has 1 aliphatic carbocycles. The molecule has 1 aliphatic heterocycles. The fourth-order valence-electron chi connectivity index (χ4n) is 3.62. The van der Waals surface area contributed by atoms with Gasteiger partial charge in [-0.3, -0.25) is 19.3 Å². The molecule has 0 spiro atoms. The summed E-state index contributed by atoms with van der Waals surface area (Å²) in [4.78, 5) is 38.0. The number of aryl methyl sites for hydroxylation is 1. The Bertz CT molecular complexity index is 662. The van der Waals surface area contributed by atoms with E-state index in [0.717, 1.165) is 31.2 Å². The summed E-state index contributed by atoms with van der Waals surface area (Å²) in [7, 11) is 0. The average molecular weight is 330 g/mol. The molecule has 0 aromatic heterocycles. The second kappa shape index (κ2) is 6.63. The number of fused-ring (bicyclic) bond motifs is 1. The Labute approximate surface area is 140 Å². The second-order valence-electron chi connectivity index (χ2n) is 6.64. The van der Waals surface area contributed by atoms with Gasteiger partial charge >= 0.3 is 0 Å². The maximum atomic E-state index is 12.3. The molecule has 6 nitrogen and oxygen atoms in total. The van der Waals surface area contributed by atoms with Crippen LogP contribution in [0.4, 0.5) is 5.69 Å². The number of nitrogens with zero attached hydrogens (tertiary/aromatic N) is 1. The van der Waals surface area contributed by atoms with Crippen molar-refractivity contribution < 1.29 is 19.5 Å². The van der Waals surface area contributed by atoms with Crippen molar-refractivity contribution in [3.63, 3.8) is 0 Å². The fourth-order valence-corrected chi connectivity index (χ4v) is 3.62. The Balaban J connectivity index is 1.58. The van der Waals surface area contributed by atoms with Gasteiger partial charge in [0.15, 0.2) is 0 Å². The minimum atomic E-state index is -0.329. The standard InChI is InChI=1S/C18H22N2O4/c1-11-6-7-14(15(21)10-11)19-16(22)8-9-20-17(23)12-4-2-3-5-13(12)18(20)24/h6-7,10,12-13,21H,2-5,8-9H2,1H3,(H,19,22)/t12-,13-/m1/s1. The zero-order valence-corrected chi connectivity index (χ0v) is 13.7. The highest BCUT2D eigenvalue weighted by Crippen LogP contribution is 2.38. The van der Waals surface area contributed by atoms with Gasteiger partial charge in [0.2, 0.25) is 17.7 Å². The first-order valence-corrected chi connectivity index (χ1v) is 8.42. The van der Waals surface area contributed by atoms with Gasteiger partial charge < -0.3 is 10.4 Å². The SMILES string of the molecule is Cc1ccc(NC(=O)CCN2C(=O)[C@@H]3CCCC[C@H]3C2=O)c(O)c1. The number of imide groups is 1. The van der Waals surface area contributed by atoms with E-state index in [2.05, 4.69) is 5.32 Å². The van der Waals surface area contributed by atoms with Gasteiger partial charge in [-0.2, -0.15) is 0 Å². The van der Waals surface area contributed by atoms with E-state index in [0.29, 0.717) is 5.69 Å². The number of carbonyl (C=O) groups is 3. The number of likely N-dealkylation sites (tertiary alicyclic amines) is 1. The largest absolute Gasteiger partial charge is 0.506 e. The summed E-state index contributed by atoms with van der Waals surface area (Å²) in [5, 5.41) is 12.4. The van der Waals surface area contributed by atoms with Gasteiger partial charge in [0, 0.05) is 13.0 Å². The molecule has 0 bridgehead atoms. The number of rotatable bonds is 4. The van der Waals surface area contributed by atoms with Gasteiger partial charge in [-0.15, -0.1) is 0 Å². The molecule has 1 aromatic carbocycles. The Kier molecular flexibility index (Phi) is 4.55. The summed E-state index contributed by atoms with van der Waals surface area (Å²) in [6.07, 6.45) is 3.55. The third kappa shape index (κ3) is 3.13. The monoisotopic (exact) mass is 330 g/mol. The summed E-state index contributed by atoms with van der Waals surface area (Å²) in [5.41, 5.74) is 1.22. The van der Waals surface area contributed by atoms with Crippen LogP contribution in [0.3, 0.4) is 0 Å². The lowest BCUT2D eigenvalue weighted by Crippen LogP contribution is -2.34. The first kappa shape index (κ1) is 16.5. The first-order valence-electron chi connectivity index (χ1n) is 8.42. The molecule has 1 saturated carbocycles. The summed E-state index contributed by atoms with van der Waals surface area (Å²) >= 11 is 0. The highest BCUT2D eigenvalue weighted by atomic mass is 16.3. The van der Waals surface area contributed by atoms with Gasteiger partial charge in [0.1, 0.15) is 5.75 Å². The lowest BCUT2D eigenvalue weighted by atomic mass is 9.81. The molecule has 24 heavy (non-hydrogen) atoms. The van der Waals surface area contributed by atoms with E-state index in [1.54, 1.807) is 18.2 Å². The predicted octanol–water partition coefficient (Wildman–Crippen LogP) is 2.20. The third-order valence-corrected chi connectivity index (χ3v) is 4.92. The van der Waals surface area contributed by atoms with E-state index < -0.39 is 0 Å². The topological polar surface area (TPSA) is 86.7 Å². The Hall–Kier alpha value is -2.37. The van der Waals surface area contributed by atoms with Crippen LogP contribution in [-0.2, 0) is 14.4 Å². The number of aromatic hydroxyl groups is 1. The van der Waals surface area contributed by atoms with E-state index in [-0.39, 0.29) is 48.3 Å². The molecule has 6 heteroatoms. The fraction of sp³-hybridized carbons (Fsp3) is 0.500. The number of phenols is 1. The quantitative estimate of drug-likeness (QED) is 0.654. The summed E-state index contributed by atoms with van der Waals surface area (Å²) in [5.74, 6) is -0.954. The van der Waals surface area contributed by atoms with E-state index in [1.165, 1.54) is 4.90 Å². The zero-order chi connectivity index (χ0) is 17.3. The van der Waals surface area contributed by atoms with Crippen LogP contribution in [0.5, 0.6) is 5.75 Å². The molecule has 1 saturated heterocycles. The third-order valence-electron chi connectivity index (χ3n) is 4.92. The highest BCUT2D eigenvalue weighted by molar-refractivity contribution is 6.05. The summed E-state index contributed by atoms with van der Waals surface area (Å²) in [6, 6.07) is 4.98. The number of anilines is 1. The lowest BCUT2D eigenvalue weighted by molar-refractivity contribution is -0.140. The van der Waals surface area contributed by atoms with Crippen molar-refractivity contribution in [3.05, 3.63) is 23.8 Å². The molecular formula is C18H22N2O4. The van der Waals surface area contributed by atoms with Crippen molar-refractivity contribution in [2.24, 2.45) is 11.8 Å². The molecule has 3 amide bonds. The number of amides is 3. The molecule has 2 fully saturated rings. The zero-order valence-electron chi connectivity index (χ0n) is 13.7. The van der Waals surface area contributed by atoms with E-state index >= 15 is 0 Å². The van der Waals surface area contributed by atoms with Crippen molar-refractivity contribution >= 4 is 23.4 Å². The van der Waals surface area contributed by atoms with Crippen molar-refractivity contribution in [1.29, 1.82) is 0 Å². The second-order valence-corrected chi connectivity index (χ2v) is 6.64.